The standard InChI is InChI=1S/C32H27N3/c1-34(28-16-12-25(24-33)13-17-28)29-20-22-32(23-21-29)35(30-10-6-3-7-11-30)31-18-14-27(15-19-31)26-8-4-2-5-9-26/h2,4-6,8-23H,3,7H2,1H3. The Hall–Kier alpha value is -4.55. The van der Waals surface area contributed by atoms with Gasteiger partial charge in [-0.3, -0.25) is 0 Å². The lowest BCUT2D eigenvalue weighted by Gasteiger charge is -2.28. The number of anilines is 4. The van der Waals surface area contributed by atoms with Crippen LogP contribution in [0.5, 0.6) is 0 Å². The molecule has 0 saturated carbocycles. The normalized spacial score (nSPS) is 12.5. The molecule has 0 fully saturated rings. The lowest BCUT2D eigenvalue weighted by molar-refractivity contribution is 0.997. The van der Waals surface area contributed by atoms with E-state index in [1.165, 1.54) is 16.8 Å². The first-order valence-corrected chi connectivity index (χ1v) is 11.9. The van der Waals surface area contributed by atoms with Gasteiger partial charge in [0.25, 0.3) is 0 Å². The lowest BCUT2D eigenvalue weighted by atomic mass is 10.0. The summed E-state index contributed by atoms with van der Waals surface area (Å²) in [5.41, 5.74) is 8.67. The molecule has 0 radical (unpaired) electrons. The van der Waals surface area contributed by atoms with Crippen LogP contribution in [0.1, 0.15) is 18.4 Å². The number of hydrogen-bond donors (Lipinski definition) is 0. The summed E-state index contributed by atoms with van der Waals surface area (Å²) in [6, 6.07) is 37.7. The van der Waals surface area contributed by atoms with Crippen LogP contribution in [0.2, 0.25) is 0 Å². The van der Waals surface area contributed by atoms with Gasteiger partial charge in [0.2, 0.25) is 0 Å². The Morgan fingerprint density at radius 1 is 0.629 bits per heavy atom. The molecule has 0 saturated heterocycles. The maximum absolute atomic E-state index is 9.06. The summed E-state index contributed by atoms with van der Waals surface area (Å²) in [5, 5.41) is 9.06. The van der Waals surface area contributed by atoms with Gasteiger partial charge >= 0.3 is 0 Å². The van der Waals surface area contributed by atoms with E-state index in [1.54, 1.807) is 0 Å². The van der Waals surface area contributed by atoms with Crippen molar-refractivity contribution in [3.8, 4) is 17.2 Å². The molecule has 0 heterocycles. The second kappa shape index (κ2) is 10.2. The molecule has 0 aromatic heterocycles. The molecule has 0 amide bonds. The van der Waals surface area contributed by atoms with E-state index in [4.69, 9.17) is 5.26 Å². The highest BCUT2D eigenvalue weighted by Crippen LogP contribution is 2.35. The first kappa shape index (κ1) is 22.3. The van der Waals surface area contributed by atoms with Crippen molar-refractivity contribution in [3.05, 3.63) is 133 Å². The van der Waals surface area contributed by atoms with Crippen molar-refractivity contribution < 1.29 is 0 Å². The zero-order chi connectivity index (χ0) is 24.0. The van der Waals surface area contributed by atoms with Gasteiger partial charge in [0.15, 0.2) is 0 Å². The summed E-state index contributed by atoms with van der Waals surface area (Å²) in [5.74, 6) is 0. The summed E-state index contributed by atoms with van der Waals surface area (Å²) < 4.78 is 0. The van der Waals surface area contributed by atoms with Gasteiger partial charge in [0.05, 0.1) is 11.6 Å². The maximum atomic E-state index is 9.06. The van der Waals surface area contributed by atoms with Crippen molar-refractivity contribution in [2.45, 2.75) is 12.8 Å². The summed E-state index contributed by atoms with van der Waals surface area (Å²) >= 11 is 0. The summed E-state index contributed by atoms with van der Waals surface area (Å²) in [7, 11) is 2.04. The molecule has 3 heteroatoms. The SMILES string of the molecule is CN(c1ccc(C#N)cc1)c1ccc(N(C2=CCCC=C2)c2ccc(-c3ccccc3)cc2)cc1. The van der Waals surface area contributed by atoms with Gasteiger partial charge in [0, 0.05) is 35.5 Å². The molecule has 4 aromatic carbocycles. The van der Waals surface area contributed by atoms with Crippen LogP contribution in [0.25, 0.3) is 11.1 Å². The van der Waals surface area contributed by atoms with E-state index < -0.39 is 0 Å². The molecule has 0 N–H and O–H groups in total. The first-order valence-electron chi connectivity index (χ1n) is 11.9. The second-order valence-corrected chi connectivity index (χ2v) is 8.59. The largest absolute Gasteiger partial charge is 0.345 e. The highest BCUT2D eigenvalue weighted by molar-refractivity contribution is 5.75. The minimum absolute atomic E-state index is 0.667. The quantitative estimate of drug-likeness (QED) is 0.294. The third-order valence-corrected chi connectivity index (χ3v) is 6.35. The second-order valence-electron chi connectivity index (χ2n) is 8.59. The highest BCUT2D eigenvalue weighted by atomic mass is 15.1. The molecular weight excluding hydrogens is 426 g/mol. The summed E-state index contributed by atoms with van der Waals surface area (Å²) in [4.78, 5) is 4.44. The smallest absolute Gasteiger partial charge is 0.0991 e. The fourth-order valence-electron chi connectivity index (χ4n) is 4.38. The predicted octanol–water partition coefficient (Wildman–Crippen LogP) is 8.37. The number of rotatable bonds is 6. The fraction of sp³-hybridized carbons (Fsp3) is 0.0938. The molecule has 35 heavy (non-hydrogen) atoms. The molecule has 0 atom stereocenters. The van der Waals surface area contributed by atoms with Gasteiger partial charge in [-0.05, 0) is 90.7 Å². The number of hydrogen-bond acceptors (Lipinski definition) is 3. The van der Waals surface area contributed by atoms with Crippen molar-refractivity contribution >= 4 is 22.7 Å². The monoisotopic (exact) mass is 453 g/mol. The molecule has 4 aromatic rings. The molecular formula is C32H27N3. The average molecular weight is 454 g/mol. The highest BCUT2D eigenvalue weighted by Gasteiger charge is 2.15. The van der Waals surface area contributed by atoms with Crippen LogP contribution in [0.3, 0.4) is 0 Å². The molecule has 0 spiro atoms. The van der Waals surface area contributed by atoms with E-state index in [-0.39, 0.29) is 0 Å². The van der Waals surface area contributed by atoms with Crippen LogP contribution in [0, 0.1) is 11.3 Å². The zero-order valence-electron chi connectivity index (χ0n) is 19.8. The van der Waals surface area contributed by atoms with Crippen molar-refractivity contribution in [2.75, 3.05) is 16.8 Å². The van der Waals surface area contributed by atoms with Crippen molar-refractivity contribution in [2.24, 2.45) is 0 Å². The minimum atomic E-state index is 0.667. The molecule has 1 aliphatic rings. The number of benzene rings is 4. The Morgan fingerprint density at radius 2 is 1.17 bits per heavy atom. The third-order valence-electron chi connectivity index (χ3n) is 6.35. The molecule has 0 bridgehead atoms. The molecule has 170 valence electrons. The topological polar surface area (TPSA) is 30.3 Å². The third kappa shape index (κ3) is 4.88. The molecule has 5 rings (SSSR count). The van der Waals surface area contributed by atoms with E-state index in [2.05, 4.69) is 107 Å². The van der Waals surface area contributed by atoms with Crippen LogP contribution < -0.4 is 9.80 Å². The first-order chi connectivity index (χ1) is 17.2. The molecule has 0 aliphatic heterocycles. The van der Waals surface area contributed by atoms with Gasteiger partial charge in [-0.15, -0.1) is 0 Å². The fourth-order valence-corrected chi connectivity index (χ4v) is 4.38. The van der Waals surface area contributed by atoms with Crippen LogP contribution in [0.4, 0.5) is 22.7 Å². The van der Waals surface area contributed by atoms with Crippen molar-refractivity contribution in [3.63, 3.8) is 0 Å². The Kier molecular flexibility index (Phi) is 6.46. The zero-order valence-corrected chi connectivity index (χ0v) is 19.8. The predicted molar refractivity (Wildman–Crippen MR) is 146 cm³/mol. The van der Waals surface area contributed by atoms with Crippen LogP contribution in [0.15, 0.2) is 127 Å². The van der Waals surface area contributed by atoms with Gasteiger partial charge < -0.3 is 9.80 Å². The lowest BCUT2D eigenvalue weighted by Crippen LogP contribution is -2.16. The van der Waals surface area contributed by atoms with E-state index in [0.717, 1.165) is 35.6 Å². The van der Waals surface area contributed by atoms with E-state index in [0.29, 0.717) is 5.56 Å². The number of nitriles is 1. The van der Waals surface area contributed by atoms with Crippen molar-refractivity contribution in [1.29, 1.82) is 5.26 Å². The number of allylic oxidation sites excluding steroid dienone is 3. The Labute approximate surface area is 207 Å². The van der Waals surface area contributed by atoms with E-state index >= 15 is 0 Å². The van der Waals surface area contributed by atoms with Gasteiger partial charge in [0.1, 0.15) is 0 Å². The summed E-state index contributed by atoms with van der Waals surface area (Å²) in [6.07, 6.45) is 8.89. The van der Waals surface area contributed by atoms with Gasteiger partial charge in [-0.25, -0.2) is 0 Å². The van der Waals surface area contributed by atoms with Crippen LogP contribution >= 0.6 is 0 Å². The minimum Gasteiger partial charge on any atom is -0.345 e. The molecule has 0 unspecified atom stereocenters. The summed E-state index contributed by atoms with van der Waals surface area (Å²) in [6.45, 7) is 0. The van der Waals surface area contributed by atoms with Gasteiger partial charge in [-0.2, -0.15) is 5.26 Å². The van der Waals surface area contributed by atoms with Crippen molar-refractivity contribution in [1.82, 2.24) is 0 Å². The molecule has 1 aliphatic carbocycles. The Bertz CT molecular complexity index is 1370. The maximum Gasteiger partial charge on any atom is 0.0991 e. The van der Waals surface area contributed by atoms with Crippen LogP contribution in [-0.2, 0) is 0 Å². The van der Waals surface area contributed by atoms with Crippen LogP contribution in [-0.4, -0.2) is 7.05 Å². The van der Waals surface area contributed by atoms with E-state index in [9.17, 15) is 0 Å². The average Bonchev–Trinajstić information content (AvgIpc) is 2.95. The van der Waals surface area contributed by atoms with E-state index in [1.807, 2.05) is 37.4 Å². The number of nitrogens with zero attached hydrogens (tertiary/aromatic N) is 3. The Balaban J connectivity index is 1.45. The van der Waals surface area contributed by atoms with Gasteiger partial charge in [-0.1, -0.05) is 54.6 Å². The Morgan fingerprint density at radius 3 is 1.74 bits per heavy atom. The molecule has 3 nitrogen and oxygen atoms in total.